The van der Waals surface area contributed by atoms with Crippen molar-refractivity contribution in [3.05, 3.63) is 59.2 Å². The fourth-order valence-corrected chi connectivity index (χ4v) is 2.23. The number of anilines is 1. The molecule has 2 heteroatoms. The molecule has 0 amide bonds. The van der Waals surface area contributed by atoms with Crippen LogP contribution >= 0.6 is 0 Å². The van der Waals surface area contributed by atoms with E-state index in [4.69, 9.17) is 4.74 Å². The first kappa shape index (κ1) is 14.4. The lowest BCUT2D eigenvalue weighted by molar-refractivity contribution is 0.234. The second kappa shape index (κ2) is 6.47. The molecule has 0 spiro atoms. The lowest BCUT2D eigenvalue weighted by atomic mass is 10.1. The highest BCUT2D eigenvalue weighted by molar-refractivity contribution is 5.51. The van der Waals surface area contributed by atoms with E-state index in [0.717, 1.165) is 12.3 Å². The Balaban J connectivity index is 1.90. The van der Waals surface area contributed by atoms with Crippen molar-refractivity contribution < 1.29 is 4.74 Å². The predicted molar refractivity (Wildman–Crippen MR) is 85.7 cm³/mol. The zero-order chi connectivity index (χ0) is 14.5. The molecule has 1 unspecified atom stereocenters. The maximum atomic E-state index is 5.92. The quantitative estimate of drug-likeness (QED) is 0.863. The fourth-order valence-electron chi connectivity index (χ4n) is 2.23. The number of benzene rings is 2. The fraction of sp³-hybridized carbons (Fsp3) is 0.333. The maximum absolute atomic E-state index is 5.92. The molecule has 1 atom stereocenters. The summed E-state index contributed by atoms with van der Waals surface area (Å²) in [6.45, 7) is 9.18. The van der Waals surface area contributed by atoms with Gasteiger partial charge in [0.25, 0.3) is 0 Å². The van der Waals surface area contributed by atoms with Gasteiger partial charge < -0.3 is 10.1 Å². The van der Waals surface area contributed by atoms with Gasteiger partial charge in [0.15, 0.2) is 0 Å². The molecule has 1 N–H and O–H groups in total. The first-order valence-corrected chi connectivity index (χ1v) is 7.09. The lowest BCUT2D eigenvalue weighted by Crippen LogP contribution is -2.23. The molecule has 0 saturated carbocycles. The summed E-state index contributed by atoms with van der Waals surface area (Å²) in [5, 5.41) is 3.45. The van der Waals surface area contributed by atoms with Crippen molar-refractivity contribution in [1.82, 2.24) is 0 Å². The molecule has 106 valence electrons. The van der Waals surface area contributed by atoms with E-state index in [1.807, 2.05) is 12.1 Å². The summed E-state index contributed by atoms with van der Waals surface area (Å²) >= 11 is 0. The van der Waals surface area contributed by atoms with Gasteiger partial charge in [-0.25, -0.2) is 0 Å². The van der Waals surface area contributed by atoms with Gasteiger partial charge in [0.2, 0.25) is 0 Å². The van der Waals surface area contributed by atoms with E-state index in [1.165, 1.54) is 22.4 Å². The van der Waals surface area contributed by atoms with Crippen LogP contribution < -0.4 is 10.1 Å². The number of aryl methyl sites for hydroxylation is 3. The smallest absolute Gasteiger partial charge is 0.120 e. The first-order valence-electron chi connectivity index (χ1n) is 7.09. The molecule has 0 saturated heterocycles. The lowest BCUT2D eigenvalue weighted by Gasteiger charge is -2.17. The van der Waals surface area contributed by atoms with Crippen LogP contribution in [0.2, 0.25) is 0 Å². The van der Waals surface area contributed by atoms with Crippen LogP contribution in [0, 0.1) is 20.8 Å². The molecule has 0 aliphatic heterocycles. The molecular formula is C18H23NO. The van der Waals surface area contributed by atoms with Crippen LogP contribution in [0.5, 0.6) is 5.75 Å². The van der Waals surface area contributed by atoms with Crippen molar-refractivity contribution in [2.75, 3.05) is 11.9 Å². The van der Waals surface area contributed by atoms with E-state index < -0.39 is 0 Å². The summed E-state index contributed by atoms with van der Waals surface area (Å²) in [5.41, 5.74) is 4.96. The maximum Gasteiger partial charge on any atom is 0.120 e. The molecule has 0 bridgehead atoms. The number of ether oxygens (including phenoxy) is 1. The van der Waals surface area contributed by atoms with Crippen LogP contribution in [0.4, 0.5) is 5.69 Å². The van der Waals surface area contributed by atoms with Gasteiger partial charge in [-0.1, -0.05) is 29.8 Å². The van der Waals surface area contributed by atoms with Crippen LogP contribution in [0.1, 0.15) is 23.6 Å². The third kappa shape index (κ3) is 4.02. The van der Waals surface area contributed by atoms with E-state index in [0.29, 0.717) is 0 Å². The standard InChI is InChI=1S/C18H23NO/c1-13-6-5-7-17(11-13)20-16(4)12-19-18-9-8-14(2)10-15(18)3/h5-11,16,19H,12H2,1-4H3. The van der Waals surface area contributed by atoms with Gasteiger partial charge in [0, 0.05) is 5.69 Å². The normalized spacial score (nSPS) is 12.0. The van der Waals surface area contributed by atoms with Gasteiger partial charge >= 0.3 is 0 Å². The van der Waals surface area contributed by atoms with E-state index in [1.54, 1.807) is 0 Å². The molecule has 2 aromatic rings. The van der Waals surface area contributed by atoms with Gasteiger partial charge in [-0.15, -0.1) is 0 Å². The molecule has 0 aromatic heterocycles. The van der Waals surface area contributed by atoms with Crippen molar-refractivity contribution in [3.8, 4) is 5.75 Å². The zero-order valence-corrected chi connectivity index (χ0v) is 12.7. The molecule has 0 aliphatic rings. The highest BCUT2D eigenvalue weighted by atomic mass is 16.5. The van der Waals surface area contributed by atoms with Crippen LogP contribution in [0.15, 0.2) is 42.5 Å². The van der Waals surface area contributed by atoms with Crippen LogP contribution in [0.25, 0.3) is 0 Å². The Morgan fingerprint density at radius 3 is 2.45 bits per heavy atom. The molecule has 0 heterocycles. The monoisotopic (exact) mass is 269 g/mol. The van der Waals surface area contributed by atoms with Crippen molar-refractivity contribution in [3.63, 3.8) is 0 Å². The summed E-state index contributed by atoms with van der Waals surface area (Å²) in [5.74, 6) is 0.930. The Labute approximate surface area is 121 Å². The van der Waals surface area contributed by atoms with Gasteiger partial charge in [0.05, 0.1) is 6.54 Å². The second-order valence-electron chi connectivity index (χ2n) is 5.44. The highest BCUT2D eigenvalue weighted by Gasteiger charge is 2.05. The van der Waals surface area contributed by atoms with Crippen molar-refractivity contribution in [2.45, 2.75) is 33.8 Å². The summed E-state index contributed by atoms with van der Waals surface area (Å²) < 4.78 is 5.92. The topological polar surface area (TPSA) is 21.3 Å². The zero-order valence-electron chi connectivity index (χ0n) is 12.7. The average Bonchev–Trinajstić information content (AvgIpc) is 2.37. The van der Waals surface area contributed by atoms with E-state index >= 15 is 0 Å². The minimum Gasteiger partial charge on any atom is -0.489 e. The molecule has 2 nitrogen and oxygen atoms in total. The van der Waals surface area contributed by atoms with Crippen molar-refractivity contribution in [1.29, 1.82) is 0 Å². The van der Waals surface area contributed by atoms with Crippen molar-refractivity contribution >= 4 is 5.69 Å². The number of nitrogens with one attached hydrogen (secondary N) is 1. The average molecular weight is 269 g/mol. The third-order valence-electron chi connectivity index (χ3n) is 3.29. The van der Waals surface area contributed by atoms with Gasteiger partial charge in [-0.2, -0.15) is 0 Å². The SMILES string of the molecule is Cc1cccc(OC(C)CNc2ccc(C)cc2C)c1. The second-order valence-corrected chi connectivity index (χ2v) is 5.44. The van der Waals surface area contributed by atoms with Gasteiger partial charge in [0.1, 0.15) is 11.9 Å². The molecule has 0 fully saturated rings. The summed E-state index contributed by atoms with van der Waals surface area (Å²) in [4.78, 5) is 0. The minimum absolute atomic E-state index is 0.123. The number of rotatable bonds is 5. The Bertz CT molecular complexity index is 577. The van der Waals surface area contributed by atoms with E-state index in [-0.39, 0.29) is 6.10 Å². The Morgan fingerprint density at radius 1 is 1.00 bits per heavy atom. The van der Waals surface area contributed by atoms with Crippen molar-refractivity contribution in [2.24, 2.45) is 0 Å². The van der Waals surface area contributed by atoms with E-state index in [2.05, 4.69) is 63.3 Å². The molecule has 2 aromatic carbocycles. The van der Waals surface area contributed by atoms with Crippen LogP contribution in [0.3, 0.4) is 0 Å². The summed E-state index contributed by atoms with van der Waals surface area (Å²) in [6, 6.07) is 14.6. The molecule has 20 heavy (non-hydrogen) atoms. The van der Waals surface area contributed by atoms with E-state index in [9.17, 15) is 0 Å². The first-order chi connectivity index (χ1) is 9.54. The molecule has 2 rings (SSSR count). The highest BCUT2D eigenvalue weighted by Crippen LogP contribution is 2.17. The predicted octanol–water partition coefficient (Wildman–Crippen LogP) is 4.49. The van der Waals surface area contributed by atoms with Crippen LogP contribution in [-0.4, -0.2) is 12.6 Å². The Kier molecular flexibility index (Phi) is 4.67. The Morgan fingerprint density at radius 2 is 1.75 bits per heavy atom. The Hall–Kier alpha value is -1.96. The summed E-state index contributed by atoms with van der Waals surface area (Å²) in [6.07, 6.45) is 0.123. The summed E-state index contributed by atoms with van der Waals surface area (Å²) in [7, 11) is 0. The largest absolute Gasteiger partial charge is 0.489 e. The third-order valence-corrected chi connectivity index (χ3v) is 3.29. The minimum atomic E-state index is 0.123. The number of hydrogen-bond donors (Lipinski definition) is 1. The molecular weight excluding hydrogens is 246 g/mol. The molecule has 0 radical (unpaired) electrons. The number of hydrogen-bond acceptors (Lipinski definition) is 2. The molecule has 0 aliphatic carbocycles. The van der Waals surface area contributed by atoms with Gasteiger partial charge in [-0.05, 0) is 57.0 Å². The van der Waals surface area contributed by atoms with Crippen LogP contribution in [-0.2, 0) is 0 Å². The van der Waals surface area contributed by atoms with Gasteiger partial charge in [-0.3, -0.25) is 0 Å².